The molecule has 1 N–H and O–H groups in total. The molecule has 0 amide bonds. The van der Waals surface area contributed by atoms with E-state index in [0.29, 0.717) is 0 Å². The van der Waals surface area contributed by atoms with Crippen molar-refractivity contribution in [3.63, 3.8) is 0 Å². The van der Waals surface area contributed by atoms with Crippen LogP contribution in [0.15, 0.2) is 24.3 Å². The van der Waals surface area contributed by atoms with Crippen molar-refractivity contribution in [2.45, 2.75) is 19.3 Å². The smallest absolute Gasteiger partial charge is 0.377 e. The number of rotatable bonds is 4. The number of carbonyl (C=O) groups is 1. The molecule has 1 aromatic carbocycles. The van der Waals surface area contributed by atoms with Crippen molar-refractivity contribution in [1.29, 1.82) is 0 Å². The summed E-state index contributed by atoms with van der Waals surface area (Å²) in [4.78, 5) is 10.9. The quantitative estimate of drug-likeness (QED) is 0.806. The number of alkyl halides is 2. The van der Waals surface area contributed by atoms with E-state index in [9.17, 15) is 13.6 Å². The minimum atomic E-state index is -3.53. The molecule has 1 aromatic rings. The fraction of sp³-hybridized carbons (Fsp3) is 0.364. The maximum atomic E-state index is 13.3. The largest absolute Gasteiger partial charge is 0.508 e. The zero-order valence-corrected chi connectivity index (χ0v) is 8.74. The second kappa shape index (κ2) is 4.92. The lowest BCUT2D eigenvalue weighted by Gasteiger charge is -2.14. The minimum Gasteiger partial charge on any atom is -0.508 e. The van der Waals surface area contributed by atoms with Crippen LogP contribution < -0.4 is 0 Å². The molecule has 0 aliphatic heterocycles. The van der Waals surface area contributed by atoms with Crippen LogP contribution in [0.1, 0.15) is 12.5 Å². The molecule has 0 saturated carbocycles. The molecule has 5 heteroatoms. The van der Waals surface area contributed by atoms with Gasteiger partial charge in [-0.3, -0.25) is 0 Å². The highest BCUT2D eigenvalue weighted by atomic mass is 19.3. The van der Waals surface area contributed by atoms with Gasteiger partial charge in [0.15, 0.2) is 0 Å². The number of benzene rings is 1. The molecule has 0 bridgehead atoms. The van der Waals surface area contributed by atoms with Crippen LogP contribution in [0.25, 0.3) is 0 Å². The molecule has 0 unspecified atom stereocenters. The van der Waals surface area contributed by atoms with E-state index in [1.54, 1.807) is 0 Å². The second-order valence-electron chi connectivity index (χ2n) is 3.27. The fourth-order valence-corrected chi connectivity index (χ4v) is 1.18. The van der Waals surface area contributed by atoms with Crippen molar-refractivity contribution >= 4 is 5.97 Å². The number of esters is 1. The summed E-state index contributed by atoms with van der Waals surface area (Å²) >= 11 is 0. The van der Waals surface area contributed by atoms with E-state index < -0.39 is 18.3 Å². The van der Waals surface area contributed by atoms with E-state index in [1.807, 2.05) is 0 Å². The lowest BCUT2D eigenvalue weighted by molar-refractivity contribution is -0.171. The molecule has 88 valence electrons. The van der Waals surface area contributed by atoms with E-state index in [4.69, 9.17) is 5.11 Å². The Kier molecular flexibility index (Phi) is 3.82. The van der Waals surface area contributed by atoms with Crippen LogP contribution >= 0.6 is 0 Å². The summed E-state index contributed by atoms with van der Waals surface area (Å²) < 4.78 is 30.8. The third-order valence-corrected chi connectivity index (χ3v) is 1.94. The highest BCUT2D eigenvalue weighted by Crippen LogP contribution is 2.22. The first-order valence-electron chi connectivity index (χ1n) is 4.78. The Balaban J connectivity index is 2.72. The number of phenols is 1. The molecular formula is C11H12F2O3. The standard InChI is InChI=1S/C11H12F2O3/c1-2-16-10(15)11(12,13)7-8-3-5-9(14)6-4-8/h3-6,14H,2,7H2,1H3. The SMILES string of the molecule is CCOC(=O)C(F)(F)Cc1ccc(O)cc1. The minimum absolute atomic E-state index is 0.0109. The molecule has 3 nitrogen and oxygen atoms in total. The van der Waals surface area contributed by atoms with Crippen molar-refractivity contribution in [3.05, 3.63) is 29.8 Å². The van der Waals surface area contributed by atoms with E-state index in [-0.39, 0.29) is 17.9 Å². The third kappa shape index (κ3) is 3.18. The molecule has 0 fully saturated rings. The number of phenolic OH excluding ortho intramolecular Hbond substituents is 1. The molecule has 0 aliphatic carbocycles. The van der Waals surface area contributed by atoms with Crippen LogP contribution in [-0.4, -0.2) is 23.6 Å². The van der Waals surface area contributed by atoms with Crippen LogP contribution in [0.4, 0.5) is 8.78 Å². The van der Waals surface area contributed by atoms with Gasteiger partial charge in [-0.1, -0.05) is 12.1 Å². The van der Waals surface area contributed by atoms with E-state index in [0.717, 1.165) is 0 Å². The Morgan fingerprint density at radius 2 is 1.94 bits per heavy atom. The van der Waals surface area contributed by atoms with Gasteiger partial charge in [-0.05, 0) is 24.6 Å². The Hall–Kier alpha value is -1.65. The molecule has 0 aliphatic rings. The monoisotopic (exact) mass is 230 g/mol. The second-order valence-corrected chi connectivity index (χ2v) is 3.27. The molecule has 0 heterocycles. The molecular weight excluding hydrogens is 218 g/mol. The maximum absolute atomic E-state index is 13.3. The van der Waals surface area contributed by atoms with Gasteiger partial charge in [0.25, 0.3) is 0 Å². The molecule has 0 saturated heterocycles. The zero-order chi connectivity index (χ0) is 12.2. The predicted octanol–water partition coefficient (Wildman–Crippen LogP) is 2.13. The molecule has 0 aromatic heterocycles. The lowest BCUT2D eigenvalue weighted by Crippen LogP contribution is -2.33. The van der Waals surface area contributed by atoms with Gasteiger partial charge < -0.3 is 9.84 Å². The van der Waals surface area contributed by atoms with Gasteiger partial charge in [-0.25, -0.2) is 4.79 Å². The topological polar surface area (TPSA) is 46.5 Å². The average molecular weight is 230 g/mol. The van der Waals surface area contributed by atoms with Gasteiger partial charge in [0.2, 0.25) is 0 Å². The summed E-state index contributed by atoms with van der Waals surface area (Å²) in [5.74, 6) is -5.07. The Morgan fingerprint density at radius 3 is 2.44 bits per heavy atom. The van der Waals surface area contributed by atoms with Crippen LogP contribution in [0.2, 0.25) is 0 Å². The highest BCUT2D eigenvalue weighted by Gasteiger charge is 2.40. The van der Waals surface area contributed by atoms with Gasteiger partial charge in [0, 0.05) is 6.42 Å². The first kappa shape index (κ1) is 12.4. The summed E-state index contributed by atoms with van der Waals surface area (Å²) in [7, 11) is 0. The van der Waals surface area contributed by atoms with Crippen molar-refractivity contribution in [2.75, 3.05) is 6.61 Å². The number of halogens is 2. The first-order chi connectivity index (χ1) is 7.45. The van der Waals surface area contributed by atoms with E-state index in [2.05, 4.69) is 4.74 Å². The van der Waals surface area contributed by atoms with E-state index >= 15 is 0 Å². The van der Waals surface area contributed by atoms with Crippen LogP contribution in [0, 0.1) is 0 Å². The number of aromatic hydroxyl groups is 1. The zero-order valence-electron chi connectivity index (χ0n) is 8.74. The summed E-state index contributed by atoms with van der Waals surface area (Å²) in [5.41, 5.74) is 0.260. The Morgan fingerprint density at radius 1 is 1.38 bits per heavy atom. The van der Waals surface area contributed by atoms with Crippen molar-refractivity contribution in [1.82, 2.24) is 0 Å². The van der Waals surface area contributed by atoms with Gasteiger partial charge >= 0.3 is 11.9 Å². The predicted molar refractivity (Wildman–Crippen MR) is 53.4 cm³/mol. The van der Waals surface area contributed by atoms with Crippen LogP contribution in [0.3, 0.4) is 0 Å². The van der Waals surface area contributed by atoms with Crippen molar-refractivity contribution in [2.24, 2.45) is 0 Å². The summed E-state index contributed by atoms with van der Waals surface area (Å²) in [6.45, 7) is 1.39. The summed E-state index contributed by atoms with van der Waals surface area (Å²) in [6, 6.07) is 5.25. The molecule has 16 heavy (non-hydrogen) atoms. The van der Waals surface area contributed by atoms with Gasteiger partial charge in [0.05, 0.1) is 6.61 Å². The normalized spacial score (nSPS) is 11.2. The van der Waals surface area contributed by atoms with Crippen LogP contribution in [-0.2, 0) is 16.0 Å². The third-order valence-electron chi connectivity index (χ3n) is 1.94. The highest BCUT2D eigenvalue weighted by molar-refractivity contribution is 5.77. The molecule has 1 rings (SSSR count). The number of carbonyl (C=O) groups excluding carboxylic acids is 1. The van der Waals surface area contributed by atoms with Gasteiger partial charge in [-0.2, -0.15) is 8.78 Å². The summed E-state index contributed by atoms with van der Waals surface area (Å²) in [6.07, 6.45) is -0.730. The first-order valence-corrected chi connectivity index (χ1v) is 4.78. The Bertz CT molecular complexity index is 360. The van der Waals surface area contributed by atoms with Gasteiger partial charge in [-0.15, -0.1) is 0 Å². The Labute approximate surface area is 91.7 Å². The van der Waals surface area contributed by atoms with Crippen LogP contribution in [0.5, 0.6) is 5.75 Å². The fourth-order valence-electron chi connectivity index (χ4n) is 1.18. The molecule has 0 radical (unpaired) electrons. The number of hydrogen-bond acceptors (Lipinski definition) is 3. The van der Waals surface area contributed by atoms with Crippen molar-refractivity contribution in [3.8, 4) is 5.75 Å². The summed E-state index contributed by atoms with van der Waals surface area (Å²) in [5, 5.41) is 8.97. The van der Waals surface area contributed by atoms with Gasteiger partial charge in [0.1, 0.15) is 5.75 Å². The lowest BCUT2D eigenvalue weighted by atomic mass is 10.1. The maximum Gasteiger partial charge on any atom is 0.377 e. The number of hydrogen-bond donors (Lipinski definition) is 1. The van der Waals surface area contributed by atoms with Crippen molar-refractivity contribution < 1.29 is 23.4 Å². The van der Waals surface area contributed by atoms with E-state index in [1.165, 1.54) is 31.2 Å². The molecule has 0 spiro atoms. The number of ether oxygens (including phenoxy) is 1. The average Bonchev–Trinajstić information content (AvgIpc) is 2.21. The molecule has 0 atom stereocenters.